The Morgan fingerprint density at radius 2 is 1.75 bits per heavy atom. The molecule has 1 amide bonds. The predicted octanol–water partition coefficient (Wildman–Crippen LogP) is 4.46. The molecule has 1 aromatic rings. The van der Waals surface area contributed by atoms with E-state index in [1.165, 1.54) is 12.0 Å². The van der Waals surface area contributed by atoms with Crippen LogP contribution in [0.25, 0.3) is 0 Å². The number of aromatic nitrogens is 1. The lowest BCUT2D eigenvalue weighted by atomic mass is 9.70. The van der Waals surface area contributed by atoms with Crippen molar-refractivity contribution in [2.45, 2.75) is 69.2 Å². The maximum Gasteiger partial charge on any atom is 0.433 e. The Labute approximate surface area is 211 Å². The Balaban J connectivity index is 1.50. The SMILES string of the molecule is COc1nc(C(F)(F)F)cc(N(C)C)c1C(=O)NCC1(CC2CC2)CCC(S(=O)(=O)CC2CC2)CC1. The van der Waals surface area contributed by atoms with Crippen LogP contribution in [0, 0.1) is 17.3 Å². The largest absolute Gasteiger partial charge is 0.480 e. The number of nitrogens with zero attached hydrogens (tertiary/aromatic N) is 2. The summed E-state index contributed by atoms with van der Waals surface area (Å²) >= 11 is 0. The highest BCUT2D eigenvalue weighted by atomic mass is 32.2. The second-order valence-corrected chi connectivity index (χ2v) is 13.4. The lowest BCUT2D eigenvalue weighted by molar-refractivity contribution is -0.141. The molecular weight excluding hydrogens is 495 g/mol. The summed E-state index contributed by atoms with van der Waals surface area (Å²) in [7, 11) is 1.20. The molecule has 0 unspecified atom stereocenters. The molecule has 0 radical (unpaired) electrons. The van der Waals surface area contributed by atoms with Gasteiger partial charge in [-0.1, -0.05) is 12.8 Å². The number of anilines is 1. The summed E-state index contributed by atoms with van der Waals surface area (Å²) in [5.41, 5.74) is -1.32. The van der Waals surface area contributed by atoms with Crippen LogP contribution in [0.15, 0.2) is 6.07 Å². The first-order valence-electron chi connectivity index (χ1n) is 12.7. The molecule has 1 aromatic heterocycles. The zero-order valence-corrected chi connectivity index (χ0v) is 22.0. The Kier molecular flexibility index (Phi) is 7.52. The molecule has 1 heterocycles. The average Bonchev–Trinajstić information content (AvgIpc) is 3.74. The number of rotatable bonds is 10. The highest BCUT2D eigenvalue weighted by Gasteiger charge is 2.44. The highest BCUT2D eigenvalue weighted by molar-refractivity contribution is 7.92. The molecule has 11 heteroatoms. The third-order valence-electron chi connectivity index (χ3n) is 7.87. The summed E-state index contributed by atoms with van der Waals surface area (Å²) in [5, 5.41) is 2.63. The van der Waals surface area contributed by atoms with E-state index >= 15 is 0 Å². The topological polar surface area (TPSA) is 88.6 Å². The number of hydrogen-bond donors (Lipinski definition) is 1. The summed E-state index contributed by atoms with van der Waals surface area (Å²) in [6.07, 6.45) is 3.12. The summed E-state index contributed by atoms with van der Waals surface area (Å²) in [6, 6.07) is 0.854. The van der Waals surface area contributed by atoms with Crippen LogP contribution in [-0.4, -0.2) is 58.1 Å². The number of halogens is 3. The Hall–Kier alpha value is -2.04. The first kappa shape index (κ1) is 27.0. The second kappa shape index (κ2) is 10.0. The van der Waals surface area contributed by atoms with Crippen molar-refractivity contribution in [2.24, 2.45) is 17.3 Å². The van der Waals surface area contributed by atoms with Crippen molar-refractivity contribution in [3.8, 4) is 5.88 Å². The van der Waals surface area contributed by atoms with Crippen molar-refractivity contribution < 1.29 is 31.1 Å². The Morgan fingerprint density at radius 3 is 2.25 bits per heavy atom. The summed E-state index contributed by atoms with van der Waals surface area (Å²) in [5.74, 6) is 0.275. The van der Waals surface area contributed by atoms with E-state index in [4.69, 9.17) is 4.74 Å². The van der Waals surface area contributed by atoms with Gasteiger partial charge in [0.05, 0.1) is 23.8 Å². The first-order valence-corrected chi connectivity index (χ1v) is 14.4. The van der Waals surface area contributed by atoms with Gasteiger partial charge in [-0.05, 0) is 68.3 Å². The third kappa shape index (κ3) is 6.26. The lowest BCUT2D eigenvalue weighted by Crippen LogP contribution is -2.43. The van der Waals surface area contributed by atoms with E-state index in [1.807, 2.05) is 0 Å². The Bertz CT molecular complexity index is 1070. The van der Waals surface area contributed by atoms with Crippen LogP contribution in [-0.2, 0) is 16.0 Å². The number of carbonyl (C=O) groups is 1. The quantitative estimate of drug-likeness (QED) is 0.480. The van der Waals surface area contributed by atoms with Crippen LogP contribution in [0.2, 0.25) is 0 Å². The molecule has 3 fully saturated rings. The van der Waals surface area contributed by atoms with E-state index in [0.29, 0.717) is 44.1 Å². The zero-order chi connectivity index (χ0) is 26.3. The molecule has 202 valence electrons. The lowest BCUT2D eigenvalue weighted by Gasteiger charge is -2.40. The van der Waals surface area contributed by atoms with Gasteiger partial charge in [-0.15, -0.1) is 0 Å². The molecular formula is C25H36F3N3O4S. The van der Waals surface area contributed by atoms with Crippen LogP contribution in [0.5, 0.6) is 5.88 Å². The predicted molar refractivity (Wildman–Crippen MR) is 131 cm³/mol. The van der Waals surface area contributed by atoms with Gasteiger partial charge in [0.15, 0.2) is 15.5 Å². The molecule has 0 spiro atoms. The molecule has 0 atom stereocenters. The third-order valence-corrected chi connectivity index (χ3v) is 10.3. The van der Waals surface area contributed by atoms with Gasteiger partial charge in [0.1, 0.15) is 5.56 Å². The van der Waals surface area contributed by atoms with Crippen LogP contribution in [0.1, 0.15) is 73.8 Å². The maximum atomic E-state index is 13.4. The van der Waals surface area contributed by atoms with Crippen LogP contribution >= 0.6 is 0 Å². The van der Waals surface area contributed by atoms with Crippen molar-refractivity contribution in [2.75, 3.05) is 38.4 Å². The van der Waals surface area contributed by atoms with Crippen LogP contribution in [0.3, 0.4) is 0 Å². The molecule has 1 N–H and O–H groups in total. The van der Waals surface area contributed by atoms with Gasteiger partial charge in [-0.2, -0.15) is 13.2 Å². The number of pyridine rings is 1. The van der Waals surface area contributed by atoms with Gasteiger partial charge < -0.3 is 15.0 Å². The van der Waals surface area contributed by atoms with Gasteiger partial charge in [0.25, 0.3) is 5.91 Å². The van der Waals surface area contributed by atoms with E-state index in [2.05, 4.69) is 10.3 Å². The minimum atomic E-state index is -4.68. The molecule has 0 saturated heterocycles. The maximum absolute atomic E-state index is 13.4. The van der Waals surface area contributed by atoms with E-state index in [-0.39, 0.29) is 33.5 Å². The smallest absolute Gasteiger partial charge is 0.433 e. The molecule has 3 aliphatic carbocycles. The molecule has 3 aliphatic rings. The standard InChI is InChI=1S/C25H36F3N3O4S/c1-31(2)19-12-20(25(26,27)28)30-23(35-3)21(19)22(32)29-15-24(13-16-4-5-16)10-8-18(9-11-24)36(33,34)14-17-6-7-17/h12,16-18H,4-11,13-15H2,1-3H3,(H,29,32). The fourth-order valence-electron chi connectivity index (χ4n) is 5.42. The Morgan fingerprint density at radius 1 is 1.14 bits per heavy atom. The number of nitrogens with one attached hydrogen (secondary N) is 1. The molecule has 0 aromatic carbocycles. The highest BCUT2D eigenvalue weighted by Crippen LogP contribution is 2.49. The summed E-state index contributed by atoms with van der Waals surface area (Å²) < 4.78 is 70.8. The fraction of sp³-hybridized carbons (Fsp3) is 0.760. The molecule has 4 rings (SSSR count). The minimum absolute atomic E-state index is 0.0437. The minimum Gasteiger partial charge on any atom is -0.480 e. The number of sulfone groups is 1. The number of hydrogen-bond acceptors (Lipinski definition) is 6. The van der Waals surface area contributed by atoms with Crippen molar-refractivity contribution >= 4 is 21.4 Å². The van der Waals surface area contributed by atoms with Crippen molar-refractivity contribution in [3.63, 3.8) is 0 Å². The molecule has 0 bridgehead atoms. The van der Waals surface area contributed by atoms with Gasteiger partial charge in [-0.3, -0.25) is 4.79 Å². The number of amides is 1. The van der Waals surface area contributed by atoms with Gasteiger partial charge in [0, 0.05) is 20.6 Å². The van der Waals surface area contributed by atoms with E-state index in [9.17, 15) is 26.4 Å². The number of ether oxygens (including phenoxy) is 1. The average molecular weight is 532 g/mol. The molecule has 3 saturated carbocycles. The monoisotopic (exact) mass is 531 g/mol. The van der Waals surface area contributed by atoms with Crippen molar-refractivity contribution in [1.29, 1.82) is 0 Å². The first-order chi connectivity index (χ1) is 16.8. The summed E-state index contributed by atoms with van der Waals surface area (Å²) in [6.45, 7) is 0.342. The van der Waals surface area contributed by atoms with Gasteiger partial charge >= 0.3 is 6.18 Å². The number of methoxy groups -OCH3 is 1. The fourth-order valence-corrected chi connectivity index (χ4v) is 7.64. The zero-order valence-electron chi connectivity index (χ0n) is 21.2. The number of carbonyl (C=O) groups excluding carboxylic acids is 1. The van der Waals surface area contributed by atoms with Crippen molar-refractivity contribution in [1.82, 2.24) is 10.3 Å². The van der Waals surface area contributed by atoms with E-state index in [1.54, 1.807) is 14.1 Å². The van der Waals surface area contributed by atoms with Gasteiger partial charge in [0.2, 0.25) is 5.88 Å². The van der Waals surface area contributed by atoms with Crippen LogP contribution in [0.4, 0.5) is 18.9 Å². The van der Waals surface area contributed by atoms with E-state index in [0.717, 1.165) is 38.2 Å². The van der Waals surface area contributed by atoms with Crippen LogP contribution < -0.4 is 15.0 Å². The second-order valence-electron chi connectivity index (χ2n) is 11.1. The van der Waals surface area contributed by atoms with Gasteiger partial charge in [-0.25, -0.2) is 13.4 Å². The molecule has 0 aliphatic heterocycles. The normalized spacial score (nSPS) is 24.9. The van der Waals surface area contributed by atoms with Crippen molar-refractivity contribution in [3.05, 3.63) is 17.3 Å². The molecule has 36 heavy (non-hydrogen) atoms. The summed E-state index contributed by atoms with van der Waals surface area (Å²) in [4.78, 5) is 18.3. The molecule has 7 nitrogen and oxygen atoms in total. The van der Waals surface area contributed by atoms with E-state index < -0.39 is 27.6 Å². The number of alkyl halides is 3.